The second-order valence-electron chi connectivity index (χ2n) is 6.81. The number of piperazine rings is 1. The predicted octanol–water partition coefficient (Wildman–Crippen LogP) is 2.99. The van der Waals surface area contributed by atoms with Crippen LogP contribution < -0.4 is 9.80 Å². The molecule has 7 nitrogen and oxygen atoms in total. The number of benzene rings is 1. The number of rotatable bonds is 5. The second-order valence-corrected chi connectivity index (χ2v) is 6.81. The first-order chi connectivity index (χ1) is 14.3. The molecule has 148 valence electrons. The van der Waals surface area contributed by atoms with Crippen molar-refractivity contribution in [3.05, 3.63) is 72.8 Å². The number of amides is 1. The molecule has 1 aliphatic rings. The van der Waals surface area contributed by atoms with Gasteiger partial charge in [-0.2, -0.15) is 0 Å². The van der Waals surface area contributed by atoms with E-state index in [1.54, 1.807) is 12.3 Å². The second kappa shape index (κ2) is 8.68. The van der Waals surface area contributed by atoms with E-state index in [9.17, 15) is 4.79 Å². The molecule has 1 amide bonds. The fraction of sp³-hybridized carbons (Fsp3) is 0.273. The Morgan fingerprint density at radius 3 is 2.41 bits per heavy atom. The lowest BCUT2D eigenvalue weighted by molar-refractivity contribution is 0.0740. The number of aromatic nitrogens is 3. The summed E-state index contributed by atoms with van der Waals surface area (Å²) in [6, 6.07) is 17.7. The zero-order chi connectivity index (χ0) is 20.1. The Morgan fingerprint density at radius 2 is 1.72 bits per heavy atom. The van der Waals surface area contributed by atoms with Crippen molar-refractivity contribution in [2.75, 3.05) is 42.5 Å². The van der Waals surface area contributed by atoms with Crippen molar-refractivity contribution in [2.45, 2.75) is 6.92 Å². The van der Waals surface area contributed by atoms with Gasteiger partial charge in [0.05, 0.1) is 0 Å². The van der Waals surface area contributed by atoms with Crippen LogP contribution in [0.3, 0.4) is 0 Å². The zero-order valence-electron chi connectivity index (χ0n) is 16.5. The quantitative estimate of drug-likeness (QED) is 0.670. The van der Waals surface area contributed by atoms with Crippen molar-refractivity contribution >= 4 is 23.2 Å². The Balaban J connectivity index is 1.46. The van der Waals surface area contributed by atoms with Gasteiger partial charge in [0.15, 0.2) is 0 Å². The van der Waals surface area contributed by atoms with Crippen molar-refractivity contribution in [2.24, 2.45) is 0 Å². The summed E-state index contributed by atoms with van der Waals surface area (Å²) in [6.45, 7) is 5.61. The van der Waals surface area contributed by atoms with E-state index in [-0.39, 0.29) is 5.91 Å². The highest BCUT2D eigenvalue weighted by Gasteiger charge is 2.24. The van der Waals surface area contributed by atoms with Gasteiger partial charge < -0.3 is 14.7 Å². The molecular weight excluding hydrogens is 364 g/mol. The average Bonchev–Trinajstić information content (AvgIpc) is 2.81. The molecule has 1 aliphatic heterocycles. The molecule has 0 N–H and O–H groups in total. The number of hydrogen-bond acceptors (Lipinski definition) is 6. The summed E-state index contributed by atoms with van der Waals surface area (Å²) in [5.74, 6) is 1.62. The Labute approximate surface area is 170 Å². The molecular formula is C22H24N6O. The van der Waals surface area contributed by atoms with Crippen molar-refractivity contribution in [3.8, 4) is 0 Å². The summed E-state index contributed by atoms with van der Waals surface area (Å²) < 4.78 is 0. The molecule has 1 saturated heterocycles. The van der Waals surface area contributed by atoms with Crippen molar-refractivity contribution < 1.29 is 4.79 Å². The lowest BCUT2D eigenvalue weighted by Gasteiger charge is -2.35. The molecule has 3 heterocycles. The van der Waals surface area contributed by atoms with Gasteiger partial charge in [-0.25, -0.2) is 15.0 Å². The van der Waals surface area contributed by atoms with Crippen LogP contribution in [0.4, 0.5) is 17.3 Å². The van der Waals surface area contributed by atoms with Crippen LogP contribution in [0.5, 0.6) is 0 Å². The standard InChI is InChI=1S/C22H24N6O/c1-2-28(18-8-4-3-5-9-18)21-16-19(24-17-25-21)22(29)27-14-12-26(13-15-27)20-10-6-7-11-23-20/h3-11,16-17H,2,12-15H2,1H3. The van der Waals surface area contributed by atoms with Gasteiger partial charge in [-0.15, -0.1) is 0 Å². The van der Waals surface area contributed by atoms with E-state index in [2.05, 4.69) is 31.7 Å². The highest BCUT2D eigenvalue weighted by atomic mass is 16.2. The number of hydrogen-bond donors (Lipinski definition) is 0. The van der Waals surface area contributed by atoms with E-state index in [1.165, 1.54) is 6.33 Å². The first-order valence-electron chi connectivity index (χ1n) is 9.86. The van der Waals surface area contributed by atoms with Gasteiger partial charge in [0, 0.05) is 50.7 Å². The molecule has 29 heavy (non-hydrogen) atoms. The summed E-state index contributed by atoms with van der Waals surface area (Å²) in [7, 11) is 0. The lowest BCUT2D eigenvalue weighted by atomic mass is 10.2. The van der Waals surface area contributed by atoms with Crippen molar-refractivity contribution in [1.82, 2.24) is 19.9 Å². The Hall–Kier alpha value is -3.48. The first-order valence-corrected chi connectivity index (χ1v) is 9.86. The minimum absolute atomic E-state index is 0.0570. The predicted molar refractivity (Wildman–Crippen MR) is 114 cm³/mol. The molecule has 1 aromatic carbocycles. The van der Waals surface area contributed by atoms with Gasteiger partial charge in [0.2, 0.25) is 0 Å². The number of anilines is 3. The van der Waals surface area contributed by atoms with Crippen LogP contribution in [0.1, 0.15) is 17.4 Å². The average molecular weight is 388 g/mol. The number of pyridine rings is 1. The van der Waals surface area contributed by atoms with E-state index < -0.39 is 0 Å². The minimum Gasteiger partial charge on any atom is -0.353 e. The molecule has 0 bridgehead atoms. The van der Waals surface area contributed by atoms with Crippen LogP contribution in [0, 0.1) is 0 Å². The third-order valence-corrected chi connectivity index (χ3v) is 5.07. The molecule has 0 spiro atoms. The lowest BCUT2D eigenvalue weighted by Crippen LogP contribution is -2.49. The van der Waals surface area contributed by atoms with Crippen molar-refractivity contribution in [1.29, 1.82) is 0 Å². The van der Waals surface area contributed by atoms with Crippen LogP contribution >= 0.6 is 0 Å². The van der Waals surface area contributed by atoms with E-state index in [1.807, 2.05) is 53.4 Å². The maximum absolute atomic E-state index is 13.0. The molecule has 0 atom stereocenters. The summed E-state index contributed by atoms with van der Waals surface area (Å²) in [4.78, 5) is 32.2. The number of nitrogens with zero attached hydrogens (tertiary/aromatic N) is 6. The van der Waals surface area contributed by atoms with Gasteiger partial charge in [-0.3, -0.25) is 4.79 Å². The van der Waals surface area contributed by atoms with E-state index in [4.69, 9.17) is 0 Å². The number of carbonyl (C=O) groups is 1. The van der Waals surface area contributed by atoms with E-state index >= 15 is 0 Å². The molecule has 0 radical (unpaired) electrons. The third kappa shape index (κ3) is 4.18. The summed E-state index contributed by atoms with van der Waals surface area (Å²) in [5, 5.41) is 0. The minimum atomic E-state index is -0.0570. The fourth-order valence-electron chi connectivity index (χ4n) is 3.54. The van der Waals surface area contributed by atoms with Crippen molar-refractivity contribution in [3.63, 3.8) is 0 Å². The van der Waals surface area contributed by atoms with Gasteiger partial charge in [0.1, 0.15) is 23.7 Å². The molecule has 4 rings (SSSR count). The molecule has 0 aliphatic carbocycles. The third-order valence-electron chi connectivity index (χ3n) is 5.07. The van der Waals surface area contributed by atoms with Gasteiger partial charge in [-0.1, -0.05) is 24.3 Å². The number of carbonyl (C=O) groups excluding carboxylic acids is 1. The Bertz CT molecular complexity index is 942. The molecule has 2 aromatic heterocycles. The highest BCUT2D eigenvalue weighted by Crippen LogP contribution is 2.23. The summed E-state index contributed by atoms with van der Waals surface area (Å²) in [6.07, 6.45) is 3.26. The van der Waals surface area contributed by atoms with Crippen LogP contribution in [0.2, 0.25) is 0 Å². The van der Waals surface area contributed by atoms with Gasteiger partial charge in [0.25, 0.3) is 5.91 Å². The zero-order valence-corrected chi connectivity index (χ0v) is 16.5. The first kappa shape index (κ1) is 18.9. The number of para-hydroxylation sites is 1. The van der Waals surface area contributed by atoms with Crippen LogP contribution in [-0.4, -0.2) is 58.5 Å². The van der Waals surface area contributed by atoms with Crippen LogP contribution in [0.25, 0.3) is 0 Å². The van der Waals surface area contributed by atoms with E-state index in [0.29, 0.717) is 18.8 Å². The SMILES string of the molecule is CCN(c1ccccc1)c1cc(C(=O)N2CCN(c3ccccn3)CC2)ncn1. The summed E-state index contributed by atoms with van der Waals surface area (Å²) in [5.41, 5.74) is 1.46. The maximum Gasteiger partial charge on any atom is 0.272 e. The smallest absolute Gasteiger partial charge is 0.272 e. The summed E-state index contributed by atoms with van der Waals surface area (Å²) >= 11 is 0. The highest BCUT2D eigenvalue weighted by molar-refractivity contribution is 5.93. The molecule has 0 saturated carbocycles. The Morgan fingerprint density at radius 1 is 0.966 bits per heavy atom. The van der Waals surface area contributed by atoms with Gasteiger partial charge >= 0.3 is 0 Å². The molecule has 3 aromatic rings. The van der Waals surface area contributed by atoms with Crippen LogP contribution in [-0.2, 0) is 0 Å². The molecule has 7 heteroatoms. The monoisotopic (exact) mass is 388 g/mol. The van der Waals surface area contributed by atoms with Gasteiger partial charge in [-0.05, 0) is 31.2 Å². The molecule has 0 unspecified atom stereocenters. The largest absolute Gasteiger partial charge is 0.353 e. The fourth-order valence-corrected chi connectivity index (χ4v) is 3.54. The topological polar surface area (TPSA) is 65.5 Å². The normalized spacial score (nSPS) is 14.0. The van der Waals surface area contributed by atoms with Crippen LogP contribution in [0.15, 0.2) is 67.1 Å². The van der Waals surface area contributed by atoms with E-state index in [0.717, 1.165) is 37.0 Å². The maximum atomic E-state index is 13.0. The molecule has 1 fully saturated rings. The Kier molecular flexibility index (Phi) is 5.65.